The molecule has 90 valence electrons. The lowest BCUT2D eigenvalue weighted by atomic mass is 10.0. The van der Waals surface area contributed by atoms with E-state index in [0.29, 0.717) is 5.92 Å². The van der Waals surface area contributed by atoms with E-state index in [-0.39, 0.29) is 5.38 Å². The molecule has 0 heterocycles. The molecule has 1 rings (SSSR count). The lowest BCUT2D eigenvalue weighted by Crippen LogP contribution is -2.24. The maximum atomic E-state index is 5.96. The van der Waals surface area contributed by atoms with E-state index in [1.807, 2.05) is 6.92 Å². The van der Waals surface area contributed by atoms with Crippen LogP contribution in [0, 0.1) is 0 Å². The highest BCUT2D eigenvalue weighted by Crippen LogP contribution is 2.15. The van der Waals surface area contributed by atoms with E-state index < -0.39 is 0 Å². The second-order valence-electron chi connectivity index (χ2n) is 4.87. The van der Waals surface area contributed by atoms with E-state index in [9.17, 15) is 0 Å². The first kappa shape index (κ1) is 13.5. The predicted octanol–water partition coefficient (Wildman–Crippen LogP) is 3.87. The Labute approximate surface area is 104 Å². The minimum Gasteiger partial charge on any atom is -0.301 e. The Morgan fingerprint density at radius 3 is 2.12 bits per heavy atom. The van der Waals surface area contributed by atoms with Gasteiger partial charge >= 0.3 is 0 Å². The van der Waals surface area contributed by atoms with E-state index in [2.05, 4.69) is 50.1 Å². The fourth-order valence-electron chi connectivity index (χ4n) is 1.81. The molecule has 1 aromatic rings. The Morgan fingerprint density at radius 2 is 1.69 bits per heavy atom. The quantitative estimate of drug-likeness (QED) is 0.706. The first-order valence-corrected chi connectivity index (χ1v) is 6.34. The van der Waals surface area contributed by atoms with Crippen LogP contribution in [0.15, 0.2) is 24.3 Å². The number of rotatable bonds is 5. The molecule has 1 atom stereocenters. The smallest absolute Gasteiger partial charge is 0.0435 e. The average molecular weight is 240 g/mol. The topological polar surface area (TPSA) is 3.24 Å². The van der Waals surface area contributed by atoms with Crippen molar-refractivity contribution in [2.24, 2.45) is 0 Å². The molecule has 0 aliphatic heterocycles. The molecule has 2 heteroatoms. The zero-order chi connectivity index (χ0) is 12.1. The van der Waals surface area contributed by atoms with Gasteiger partial charge in [0.25, 0.3) is 0 Å². The summed E-state index contributed by atoms with van der Waals surface area (Å²) in [6.45, 7) is 8.36. The summed E-state index contributed by atoms with van der Waals surface area (Å²) in [5, 5.41) is 0.208. The van der Waals surface area contributed by atoms with Crippen LogP contribution in [0.25, 0.3) is 0 Å². The highest BCUT2D eigenvalue weighted by molar-refractivity contribution is 6.20. The van der Waals surface area contributed by atoms with Crippen LogP contribution in [0.1, 0.15) is 37.8 Å². The Balaban J connectivity index is 2.55. The van der Waals surface area contributed by atoms with Crippen LogP contribution in [-0.4, -0.2) is 23.9 Å². The Bertz CT molecular complexity index is 303. The number of hydrogen-bond donors (Lipinski definition) is 0. The first-order chi connectivity index (χ1) is 7.49. The second-order valence-corrected chi connectivity index (χ2v) is 5.62. The van der Waals surface area contributed by atoms with Crippen molar-refractivity contribution >= 4 is 11.6 Å². The molecule has 0 bridgehead atoms. The number of hydrogen-bond acceptors (Lipinski definition) is 1. The zero-order valence-corrected chi connectivity index (χ0v) is 11.5. The third-order valence-corrected chi connectivity index (χ3v) is 2.80. The third-order valence-electron chi connectivity index (χ3n) is 2.66. The van der Waals surface area contributed by atoms with Crippen LogP contribution in [-0.2, 0) is 6.54 Å². The van der Waals surface area contributed by atoms with Crippen LogP contribution in [0.4, 0.5) is 0 Å². The Morgan fingerprint density at radius 1 is 1.12 bits per heavy atom. The number of alkyl halides is 1. The van der Waals surface area contributed by atoms with Crippen LogP contribution >= 0.6 is 11.6 Å². The van der Waals surface area contributed by atoms with Crippen molar-refractivity contribution in [1.82, 2.24) is 4.90 Å². The summed E-state index contributed by atoms with van der Waals surface area (Å²) < 4.78 is 0. The molecule has 16 heavy (non-hydrogen) atoms. The fourth-order valence-corrected chi connectivity index (χ4v) is 2.05. The Hall–Kier alpha value is -0.530. The molecule has 0 radical (unpaired) electrons. The highest BCUT2D eigenvalue weighted by Gasteiger charge is 2.04. The van der Waals surface area contributed by atoms with E-state index in [1.54, 1.807) is 0 Å². The largest absolute Gasteiger partial charge is 0.301 e. The average Bonchev–Trinajstić information content (AvgIpc) is 2.16. The summed E-state index contributed by atoms with van der Waals surface area (Å²) in [7, 11) is 2.11. The molecule has 0 aliphatic carbocycles. The third kappa shape index (κ3) is 4.54. The molecule has 0 saturated carbocycles. The molecule has 1 unspecified atom stereocenters. The normalized spacial score (nSPS) is 13.4. The van der Waals surface area contributed by atoms with Gasteiger partial charge in [0.05, 0.1) is 0 Å². The molecule has 1 aromatic carbocycles. The highest BCUT2D eigenvalue weighted by atomic mass is 35.5. The van der Waals surface area contributed by atoms with Gasteiger partial charge in [0.2, 0.25) is 0 Å². The molecule has 0 aromatic heterocycles. The minimum absolute atomic E-state index is 0.208. The predicted molar refractivity (Wildman–Crippen MR) is 72.2 cm³/mol. The second kappa shape index (κ2) is 6.27. The SMILES string of the molecule is CC(Cl)CN(C)Cc1ccc(C(C)C)cc1. The number of halogens is 1. The van der Waals surface area contributed by atoms with E-state index in [0.717, 1.165) is 13.1 Å². The summed E-state index contributed by atoms with van der Waals surface area (Å²) in [5.74, 6) is 0.606. The van der Waals surface area contributed by atoms with Gasteiger partial charge in [0, 0.05) is 18.5 Å². The van der Waals surface area contributed by atoms with Crippen LogP contribution in [0.3, 0.4) is 0 Å². The number of nitrogens with zero attached hydrogens (tertiary/aromatic N) is 1. The van der Waals surface area contributed by atoms with Gasteiger partial charge in [-0.05, 0) is 31.0 Å². The molecule has 0 amide bonds. The van der Waals surface area contributed by atoms with Gasteiger partial charge in [-0.15, -0.1) is 11.6 Å². The van der Waals surface area contributed by atoms with E-state index in [4.69, 9.17) is 11.6 Å². The van der Waals surface area contributed by atoms with E-state index >= 15 is 0 Å². The molecule has 0 saturated heterocycles. The molecule has 0 spiro atoms. The molecule has 1 nitrogen and oxygen atoms in total. The van der Waals surface area contributed by atoms with Gasteiger partial charge in [-0.3, -0.25) is 0 Å². The maximum Gasteiger partial charge on any atom is 0.0435 e. The molecule has 0 fully saturated rings. The molecule has 0 N–H and O–H groups in total. The van der Waals surface area contributed by atoms with Gasteiger partial charge in [0.15, 0.2) is 0 Å². The summed E-state index contributed by atoms with van der Waals surface area (Å²) >= 11 is 5.96. The molecule has 0 aliphatic rings. The van der Waals surface area contributed by atoms with Crippen LogP contribution < -0.4 is 0 Å². The monoisotopic (exact) mass is 239 g/mol. The summed E-state index contributed by atoms with van der Waals surface area (Å²) in [4.78, 5) is 2.25. The van der Waals surface area contributed by atoms with Crippen LogP contribution in [0.2, 0.25) is 0 Å². The molecular weight excluding hydrogens is 218 g/mol. The van der Waals surface area contributed by atoms with Crippen molar-refractivity contribution in [3.63, 3.8) is 0 Å². The van der Waals surface area contributed by atoms with Crippen LogP contribution in [0.5, 0.6) is 0 Å². The number of benzene rings is 1. The van der Waals surface area contributed by atoms with Gasteiger partial charge in [-0.25, -0.2) is 0 Å². The zero-order valence-electron chi connectivity index (χ0n) is 10.7. The van der Waals surface area contributed by atoms with Crippen molar-refractivity contribution in [3.8, 4) is 0 Å². The Kier molecular flexibility index (Phi) is 5.30. The van der Waals surface area contributed by atoms with Gasteiger partial charge < -0.3 is 4.90 Å². The fraction of sp³-hybridized carbons (Fsp3) is 0.571. The van der Waals surface area contributed by atoms with Crippen molar-refractivity contribution in [2.75, 3.05) is 13.6 Å². The summed E-state index contributed by atoms with van der Waals surface area (Å²) in [6, 6.07) is 8.87. The van der Waals surface area contributed by atoms with Crippen molar-refractivity contribution < 1.29 is 0 Å². The molecular formula is C14H22ClN. The van der Waals surface area contributed by atoms with Crippen molar-refractivity contribution in [3.05, 3.63) is 35.4 Å². The van der Waals surface area contributed by atoms with Crippen molar-refractivity contribution in [1.29, 1.82) is 0 Å². The lowest BCUT2D eigenvalue weighted by Gasteiger charge is -2.18. The van der Waals surface area contributed by atoms with Gasteiger partial charge in [0.1, 0.15) is 0 Å². The van der Waals surface area contributed by atoms with Crippen molar-refractivity contribution in [2.45, 2.75) is 38.6 Å². The van der Waals surface area contributed by atoms with Gasteiger partial charge in [-0.1, -0.05) is 38.1 Å². The maximum absolute atomic E-state index is 5.96. The first-order valence-electron chi connectivity index (χ1n) is 5.90. The minimum atomic E-state index is 0.208. The van der Waals surface area contributed by atoms with Gasteiger partial charge in [-0.2, -0.15) is 0 Å². The summed E-state index contributed by atoms with van der Waals surface area (Å²) in [6.07, 6.45) is 0. The standard InChI is InChI=1S/C14H22ClN/c1-11(2)14-7-5-13(6-8-14)10-16(4)9-12(3)15/h5-8,11-12H,9-10H2,1-4H3. The van der Waals surface area contributed by atoms with E-state index in [1.165, 1.54) is 11.1 Å². The lowest BCUT2D eigenvalue weighted by molar-refractivity contribution is 0.330. The summed E-state index contributed by atoms with van der Waals surface area (Å²) in [5.41, 5.74) is 2.75.